The van der Waals surface area contributed by atoms with Crippen molar-refractivity contribution in [2.24, 2.45) is 0 Å². The Labute approximate surface area is 139 Å². The summed E-state index contributed by atoms with van der Waals surface area (Å²) in [5, 5.41) is 3.03. The summed E-state index contributed by atoms with van der Waals surface area (Å²) in [6.45, 7) is 7.08. The predicted molar refractivity (Wildman–Crippen MR) is 90.9 cm³/mol. The molecule has 0 saturated heterocycles. The fourth-order valence-corrected chi connectivity index (χ4v) is 2.62. The lowest BCUT2D eigenvalue weighted by Crippen LogP contribution is -2.46. The molecule has 1 amide bonds. The third-order valence-corrected chi connectivity index (χ3v) is 3.79. The lowest BCUT2D eigenvalue weighted by atomic mass is 10.1. The molecule has 0 atom stereocenters. The van der Waals surface area contributed by atoms with Gasteiger partial charge in [-0.3, -0.25) is 9.69 Å². The first-order valence-electron chi connectivity index (χ1n) is 8.08. The van der Waals surface area contributed by atoms with Gasteiger partial charge in [0.05, 0.1) is 20.8 Å². The highest BCUT2D eigenvalue weighted by atomic mass is 16.5. The Balaban J connectivity index is 2.09. The summed E-state index contributed by atoms with van der Waals surface area (Å²) in [6.07, 6.45) is 2.30. The number of amides is 1. The zero-order chi connectivity index (χ0) is 17.0. The van der Waals surface area contributed by atoms with Gasteiger partial charge in [-0.2, -0.15) is 0 Å². The molecule has 1 saturated carbocycles. The van der Waals surface area contributed by atoms with Gasteiger partial charge in [-0.25, -0.2) is 0 Å². The molecule has 5 nitrogen and oxygen atoms in total. The quantitative estimate of drug-likeness (QED) is 0.839. The van der Waals surface area contributed by atoms with Crippen molar-refractivity contribution in [3.8, 4) is 11.5 Å². The van der Waals surface area contributed by atoms with Crippen LogP contribution in [0.1, 0.15) is 39.2 Å². The highest BCUT2D eigenvalue weighted by molar-refractivity contribution is 5.78. The molecular weight excluding hydrogens is 292 g/mol. The van der Waals surface area contributed by atoms with Gasteiger partial charge in [0, 0.05) is 23.7 Å². The van der Waals surface area contributed by atoms with Gasteiger partial charge in [0.25, 0.3) is 0 Å². The van der Waals surface area contributed by atoms with E-state index in [1.54, 1.807) is 14.2 Å². The van der Waals surface area contributed by atoms with E-state index in [1.165, 1.54) is 0 Å². The van der Waals surface area contributed by atoms with E-state index in [0.29, 0.717) is 19.1 Å². The van der Waals surface area contributed by atoms with E-state index in [4.69, 9.17) is 9.47 Å². The average Bonchev–Trinajstić information content (AvgIpc) is 3.29. The van der Waals surface area contributed by atoms with E-state index in [9.17, 15) is 4.79 Å². The molecule has 1 aromatic rings. The number of rotatable bonds is 7. The lowest BCUT2D eigenvalue weighted by Gasteiger charge is -2.26. The fraction of sp³-hybridized carbons (Fsp3) is 0.611. The predicted octanol–water partition coefficient (Wildman–Crippen LogP) is 2.58. The second-order valence-electron chi connectivity index (χ2n) is 7.11. The number of carbonyl (C=O) groups excluding carboxylic acids is 1. The molecule has 128 valence electrons. The first-order chi connectivity index (χ1) is 10.8. The van der Waals surface area contributed by atoms with Crippen molar-refractivity contribution in [1.82, 2.24) is 10.2 Å². The lowest BCUT2D eigenvalue weighted by molar-refractivity contribution is -0.123. The van der Waals surface area contributed by atoms with E-state index >= 15 is 0 Å². The van der Waals surface area contributed by atoms with Crippen molar-refractivity contribution in [3.63, 3.8) is 0 Å². The smallest absolute Gasteiger partial charge is 0.234 e. The summed E-state index contributed by atoms with van der Waals surface area (Å²) < 4.78 is 10.8. The topological polar surface area (TPSA) is 50.8 Å². The van der Waals surface area contributed by atoms with Crippen LogP contribution < -0.4 is 14.8 Å². The van der Waals surface area contributed by atoms with Gasteiger partial charge in [0.2, 0.25) is 5.91 Å². The Hall–Kier alpha value is -1.75. The van der Waals surface area contributed by atoms with Crippen molar-refractivity contribution in [2.45, 2.75) is 51.7 Å². The summed E-state index contributed by atoms with van der Waals surface area (Å²) >= 11 is 0. The molecule has 1 aliphatic carbocycles. The molecule has 1 aromatic carbocycles. The maximum Gasteiger partial charge on any atom is 0.234 e. The number of methoxy groups -OCH3 is 2. The van der Waals surface area contributed by atoms with Crippen molar-refractivity contribution in [1.29, 1.82) is 0 Å². The highest BCUT2D eigenvalue weighted by Crippen LogP contribution is 2.31. The normalized spacial score (nSPS) is 14.7. The Bertz CT molecular complexity index is 548. The molecule has 1 aliphatic rings. The molecule has 5 heteroatoms. The van der Waals surface area contributed by atoms with Gasteiger partial charge in [0.1, 0.15) is 11.5 Å². The molecule has 0 aliphatic heterocycles. The summed E-state index contributed by atoms with van der Waals surface area (Å²) in [7, 11) is 3.32. The summed E-state index contributed by atoms with van der Waals surface area (Å²) in [6, 6.07) is 6.26. The Kier molecular flexibility index (Phi) is 5.52. The number of hydrogen-bond acceptors (Lipinski definition) is 4. The Morgan fingerprint density at radius 2 is 1.96 bits per heavy atom. The standard InChI is InChI=1S/C18H28N2O3/c1-18(2,3)19-17(21)12-20(14-6-7-14)11-13-10-15(22-4)8-9-16(13)23-5/h8-10,14H,6-7,11-12H2,1-5H3,(H,19,21). The molecule has 0 bridgehead atoms. The van der Waals surface area contributed by atoms with Crippen molar-refractivity contribution in [3.05, 3.63) is 23.8 Å². The summed E-state index contributed by atoms with van der Waals surface area (Å²) in [5.41, 5.74) is 0.835. The highest BCUT2D eigenvalue weighted by Gasteiger charge is 2.31. The van der Waals surface area contributed by atoms with Crippen molar-refractivity contribution >= 4 is 5.91 Å². The molecular formula is C18H28N2O3. The summed E-state index contributed by atoms with van der Waals surface area (Å²) in [5.74, 6) is 1.69. The molecule has 0 unspecified atom stereocenters. The van der Waals surface area contributed by atoms with Gasteiger partial charge >= 0.3 is 0 Å². The second-order valence-corrected chi connectivity index (χ2v) is 7.11. The van der Waals surface area contributed by atoms with Crippen LogP contribution in [0.25, 0.3) is 0 Å². The Morgan fingerprint density at radius 1 is 1.26 bits per heavy atom. The fourth-order valence-electron chi connectivity index (χ4n) is 2.62. The third-order valence-electron chi connectivity index (χ3n) is 3.79. The molecule has 0 spiro atoms. The maximum atomic E-state index is 12.3. The largest absolute Gasteiger partial charge is 0.497 e. The number of nitrogens with one attached hydrogen (secondary N) is 1. The Morgan fingerprint density at radius 3 is 2.48 bits per heavy atom. The average molecular weight is 320 g/mol. The van der Waals surface area contributed by atoms with Gasteiger partial charge in [-0.05, 0) is 51.8 Å². The number of hydrogen-bond donors (Lipinski definition) is 1. The molecule has 0 heterocycles. The van der Waals surface area contributed by atoms with E-state index in [0.717, 1.165) is 29.9 Å². The zero-order valence-electron chi connectivity index (χ0n) is 14.8. The van der Waals surface area contributed by atoms with E-state index < -0.39 is 0 Å². The van der Waals surface area contributed by atoms with Crippen LogP contribution in [0.4, 0.5) is 0 Å². The molecule has 1 fully saturated rings. The molecule has 23 heavy (non-hydrogen) atoms. The van der Waals surface area contributed by atoms with Crippen LogP contribution in [-0.2, 0) is 11.3 Å². The number of nitrogens with zero attached hydrogens (tertiary/aromatic N) is 1. The van der Waals surface area contributed by atoms with Gasteiger partial charge in [0.15, 0.2) is 0 Å². The minimum Gasteiger partial charge on any atom is -0.497 e. The van der Waals surface area contributed by atoms with Crippen molar-refractivity contribution < 1.29 is 14.3 Å². The molecule has 2 rings (SSSR count). The van der Waals surface area contributed by atoms with Gasteiger partial charge in [-0.1, -0.05) is 0 Å². The molecule has 1 N–H and O–H groups in total. The van der Waals surface area contributed by atoms with Gasteiger partial charge < -0.3 is 14.8 Å². The minimum atomic E-state index is -0.208. The third kappa shape index (κ3) is 5.43. The first kappa shape index (κ1) is 17.6. The zero-order valence-corrected chi connectivity index (χ0v) is 14.8. The molecule has 0 radical (unpaired) electrons. The van der Waals surface area contributed by atoms with E-state index in [1.807, 2.05) is 39.0 Å². The number of benzene rings is 1. The van der Waals surface area contributed by atoms with Crippen LogP contribution in [0, 0.1) is 0 Å². The monoisotopic (exact) mass is 320 g/mol. The van der Waals surface area contributed by atoms with Crippen molar-refractivity contribution in [2.75, 3.05) is 20.8 Å². The van der Waals surface area contributed by atoms with E-state index in [2.05, 4.69) is 10.2 Å². The number of carbonyl (C=O) groups is 1. The van der Waals surface area contributed by atoms with Crippen LogP contribution in [0.5, 0.6) is 11.5 Å². The summed E-state index contributed by atoms with van der Waals surface area (Å²) in [4.78, 5) is 14.5. The first-order valence-corrected chi connectivity index (χ1v) is 8.08. The van der Waals surface area contributed by atoms with Crippen LogP contribution in [0.2, 0.25) is 0 Å². The maximum absolute atomic E-state index is 12.3. The van der Waals surface area contributed by atoms with Gasteiger partial charge in [-0.15, -0.1) is 0 Å². The SMILES string of the molecule is COc1ccc(OC)c(CN(CC(=O)NC(C)(C)C)C2CC2)c1. The second kappa shape index (κ2) is 7.21. The van der Waals surface area contributed by atoms with Crippen LogP contribution in [0.15, 0.2) is 18.2 Å². The van der Waals surface area contributed by atoms with Crippen LogP contribution in [-0.4, -0.2) is 43.2 Å². The molecule has 0 aromatic heterocycles. The van der Waals surface area contributed by atoms with E-state index in [-0.39, 0.29) is 11.4 Å². The van der Waals surface area contributed by atoms with Crippen LogP contribution >= 0.6 is 0 Å². The number of ether oxygens (including phenoxy) is 2. The minimum absolute atomic E-state index is 0.0614. The van der Waals surface area contributed by atoms with Crippen LogP contribution in [0.3, 0.4) is 0 Å².